The molecule has 21 heavy (non-hydrogen) atoms. The van der Waals surface area contributed by atoms with Crippen molar-refractivity contribution < 1.29 is 4.74 Å². The molecule has 4 nitrogen and oxygen atoms in total. The predicted octanol–water partition coefficient (Wildman–Crippen LogP) is 2.58. The Morgan fingerprint density at radius 3 is 2.90 bits per heavy atom. The fourth-order valence-corrected chi connectivity index (χ4v) is 2.76. The van der Waals surface area contributed by atoms with E-state index in [-0.39, 0.29) is 0 Å². The number of nitrogens with one attached hydrogen (secondary N) is 1. The van der Waals surface area contributed by atoms with Crippen LogP contribution < -0.4 is 5.32 Å². The Morgan fingerprint density at radius 2 is 2.19 bits per heavy atom. The third-order valence-electron chi connectivity index (χ3n) is 4.07. The van der Waals surface area contributed by atoms with Gasteiger partial charge in [0.25, 0.3) is 0 Å². The highest BCUT2D eigenvalue weighted by atomic mass is 16.5. The van der Waals surface area contributed by atoms with Gasteiger partial charge in [0.05, 0.1) is 18.0 Å². The molecular weight excluding hydrogens is 262 g/mol. The number of hydrogen-bond acceptors (Lipinski definition) is 4. The molecule has 0 bridgehead atoms. The Labute approximate surface area is 128 Å². The summed E-state index contributed by atoms with van der Waals surface area (Å²) in [4.78, 5) is 7.08. The van der Waals surface area contributed by atoms with Gasteiger partial charge in [-0.05, 0) is 45.0 Å². The van der Waals surface area contributed by atoms with Crippen molar-refractivity contribution in [1.29, 1.82) is 0 Å². The minimum Gasteiger partial charge on any atom is -0.375 e. The van der Waals surface area contributed by atoms with Crippen LogP contribution in [-0.4, -0.2) is 42.2 Å². The number of nitrogens with zero attached hydrogens (tertiary/aromatic N) is 2. The second kappa shape index (κ2) is 8.47. The summed E-state index contributed by atoms with van der Waals surface area (Å²) in [5.74, 6) is 0. The number of ether oxygens (including phenoxy) is 1. The van der Waals surface area contributed by atoms with Gasteiger partial charge in [0.15, 0.2) is 0 Å². The number of hydrogen-bond donors (Lipinski definition) is 1. The Balaban J connectivity index is 1.69. The lowest BCUT2D eigenvalue weighted by molar-refractivity contribution is 0.0992. The molecule has 1 N–H and O–H groups in total. The SMILES string of the molecule is CC(C)NCc1cccc(COCCC2CCCN2C)n1. The van der Waals surface area contributed by atoms with Crippen LogP contribution in [-0.2, 0) is 17.9 Å². The van der Waals surface area contributed by atoms with Crippen molar-refractivity contribution in [2.75, 3.05) is 20.2 Å². The molecular formula is C17H29N3O. The van der Waals surface area contributed by atoms with Gasteiger partial charge in [0.2, 0.25) is 0 Å². The number of likely N-dealkylation sites (tertiary alicyclic amines) is 1. The van der Waals surface area contributed by atoms with E-state index in [0.29, 0.717) is 18.7 Å². The maximum atomic E-state index is 5.80. The van der Waals surface area contributed by atoms with Gasteiger partial charge >= 0.3 is 0 Å². The summed E-state index contributed by atoms with van der Waals surface area (Å²) in [6.45, 7) is 7.78. The van der Waals surface area contributed by atoms with Gasteiger partial charge in [-0.25, -0.2) is 0 Å². The first-order valence-corrected chi connectivity index (χ1v) is 8.11. The van der Waals surface area contributed by atoms with Gasteiger partial charge in [-0.15, -0.1) is 0 Å². The fourth-order valence-electron chi connectivity index (χ4n) is 2.76. The van der Waals surface area contributed by atoms with Crippen molar-refractivity contribution in [3.05, 3.63) is 29.6 Å². The predicted molar refractivity (Wildman–Crippen MR) is 86.1 cm³/mol. The summed E-state index contributed by atoms with van der Waals surface area (Å²) in [5.41, 5.74) is 2.11. The molecule has 0 spiro atoms. The molecule has 2 heterocycles. The molecule has 0 aromatic carbocycles. The normalized spacial score (nSPS) is 19.5. The minimum absolute atomic E-state index is 0.482. The molecule has 1 aliphatic heterocycles. The average molecular weight is 291 g/mol. The highest BCUT2D eigenvalue weighted by Gasteiger charge is 2.19. The van der Waals surface area contributed by atoms with Gasteiger partial charge in [0.1, 0.15) is 0 Å². The molecule has 1 aliphatic rings. The van der Waals surface area contributed by atoms with Crippen LogP contribution in [0.15, 0.2) is 18.2 Å². The van der Waals surface area contributed by atoms with Crippen LogP contribution in [0.2, 0.25) is 0 Å². The first-order chi connectivity index (χ1) is 10.1. The van der Waals surface area contributed by atoms with Crippen molar-refractivity contribution in [3.8, 4) is 0 Å². The van der Waals surface area contributed by atoms with E-state index >= 15 is 0 Å². The molecule has 0 aliphatic carbocycles. The Hall–Kier alpha value is -0.970. The monoisotopic (exact) mass is 291 g/mol. The van der Waals surface area contributed by atoms with Gasteiger partial charge in [-0.2, -0.15) is 0 Å². The maximum absolute atomic E-state index is 5.80. The Morgan fingerprint density at radius 1 is 1.38 bits per heavy atom. The summed E-state index contributed by atoms with van der Waals surface area (Å²) >= 11 is 0. The summed E-state index contributed by atoms with van der Waals surface area (Å²) in [6.07, 6.45) is 3.77. The van der Waals surface area contributed by atoms with Crippen LogP contribution in [0.25, 0.3) is 0 Å². The molecule has 0 saturated carbocycles. The topological polar surface area (TPSA) is 37.4 Å². The zero-order chi connectivity index (χ0) is 15.1. The molecule has 1 aromatic heterocycles. The summed E-state index contributed by atoms with van der Waals surface area (Å²) < 4.78 is 5.80. The highest BCUT2D eigenvalue weighted by molar-refractivity contribution is 5.10. The van der Waals surface area contributed by atoms with Crippen LogP contribution in [0.5, 0.6) is 0 Å². The average Bonchev–Trinajstić information content (AvgIpc) is 2.87. The zero-order valence-electron chi connectivity index (χ0n) is 13.6. The molecule has 4 heteroatoms. The van der Waals surface area contributed by atoms with Crippen LogP contribution in [0, 0.1) is 0 Å². The maximum Gasteiger partial charge on any atom is 0.0887 e. The van der Waals surface area contributed by atoms with Crippen molar-refractivity contribution >= 4 is 0 Å². The van der Waals surface area contributed by atoms with Crippen molar-refractivity contribution in [2.24, 2.45) is 0 Å². The third-order valence-corrected chi connectivity index (χ3v) is 4.07. The largest absolute Gasteiger partial charge is 0.375 e. The molecule has 1 aromatic rings. The molecule has 1 fully saturated rings. The Bertz CT molecular complexity index is 422. The van der Waals surface area contributed by atoms with Gasteiger partial charge in [0, 0.05) is 25.2 Å². The number of pyridine rings is 1. The smallest absolute Gasteiger partial charge is 0.0887 e. The van der Waals surface area contributed by atoms with E-state index in [4.69, 9.17) is 4.74 Å². The molecule has 0 radical (unpaired) electrons. The van der Waals surface area contributed by atoms with E-state index in [9.17, 15) is 0 Å². The van der Waals surface area contributed by atoms with Crippen LogP contribution in [0.3, 0.4) is 0 Å². The van der Waals surface area contributed by atoms with Crippen LogP contribution in [0.1, 0.15) is 44.5 Å². The zero-order valence-corrected chi connectivity index (χ0v) is 13.6. The summed E-state index contributed by atoms with van der Waals surface area (Å²) in [5, 5.41) is 3.39. The second-order valence-corrected chi connectivity index (χ2v) is 6.27. The first-order valence-electron chi connectivity index (χ1n) is 8.11. The molecule has 118 valence electrons. The van der Waals surface area contributed by atoms with E-state index in [1.54, 1.807) is 0 Å². The van der Waals surface area contributed by atoms with Crippen LogP contribution in [0.4, 0.5) is 0 Å². The first kappa shape index (κ1) is 16.4. The van der Waals surface area contributed by atoms with Gasteiger partial charge < -0.3 is 15.0 Å². The van der Waals surface area contributed by atoms with E-state index in [1.165, 1.54) is 19.4 Å². The van der Waals surface area contributed by atoms with Gasteiger partial charge in [-0.3, -0.25) is 4.98 Å². The van der Waals surface area contributed by atoms with E-state index < -0.39 is 0 Å². The molecule has 2 rings (SSSR count). The highest BCUT2D eigenvalue weighted by Crippen LogP contribution is 2.17. The number of aromatic nitrogens is 1. The van der Waals surface area contributed by atoms with Crippen LogP contribution >= 0.6 is 0 Å². The Kier molecular flexibility index (Phi) is 6.61. The molecule has 1 saturated heterocycles. The lowest BCUT2D eigenvalue weighted by Gasteiger charge is -2.18. The van der Waals surface area contributed by atoms with E-state index in [1.807, 2.05) is 6.07 Å². The molecule has 1 unspecified atom stereocenters. The minimum atomic E-state index is 0.482. The second-order valence-electron chi connectivity index (χ2n) is 6.27. The van der Waals surface area contributed by atoms with E-state index in [0.717, 1.165) is 31.0 Å². The third kappa shape index (κ3) is 5.73. The molecule has 0 amide bonds. The van der Waals surface area contributed by atoms with Crippen molar-refractivity contribution in [2.45, 2.75) is 58.3 Å². The summed E-state index contributed by atoms with van der Waals surface area (Å²) in [6, 6.07) is 7.36. The lowest BCUT2D eigenvalue weighted by Crippen LogP contribution is -2.26. The standard InChI is InChI=1S/C17H29N3O/c1-14(2)18-12-15-6-4-7-16(19-15)13-21-11-9-17-8-5-10-20(17)3/h4,6-7,14,17-18H,5,8-13H2,1-3H3. The van der Waals surface area contributed by atoms with E-state index in [2.05, 4.69) is 48.2 Å². The molecule has 1 atom stereocenters. The van der Waals surface area contributed by atoms with Crippen molar-refractivity contribution in [1.82, 2.24) is 15.2 Å². The fraction of sp³-hybridized carbons (Fsp3) is 0.706. The quantitative estimate of drug-likeness (QED) is 0.747. The van der Waals surface area contributed by atoms with Crippen molar-refractivity contribution in [3.63, 3.8) is 0 Å². The number of rotatable bonds is 8. The lowest BCUT2D eigenvalue weighted by atomic mass is 10.1. The van der Waals surface area contributed by atoms with Gasteiger partial charge in [-0.1, -0.05) is 19.9 Å². The summed E-state index contributed by atoms with van der Waals surface area (Å²) in [7, 11) is 2.21.